The van der Waals surface area contributed by atoms with Crippen molar-refractivity contribution in [3.8, 4) is 5.75 Å². The number of fused-ring (bicyclic) bond motifs is 1. The highest BCUT2D eigenvalue weighted by Crippen LogP contribution is 2.35. The minimum atomic E-state index is -0.358. The van der Waals surface area contributed by atoms with E-state index in [4.69, 9.17) is 4.74 Å². The molecule has 5 rings (SSSR count). The van der Waals surface area contributed by atoms with Crippen LogP contribution in [0.15, 0.2) is 86.8 Å². The van der Waals surface area contributed by atoms with Crippen LogP contribution >= 0.6 is 43.6 Å². The van der Waals surface area contributed by atoms with E-state index in [2.05, 4.69) is 48.6 Å². The van der Waals surface area contributed by atoms with Crippen molar-refractivity contribution in [3.63, 3.8) is 0 Å². The van der Waals surface area contributed by atoms with Gasteiger partial charge in [0.1, 0.15) is 18.2 Å². The molecule has 2 amide bonds. The quantitative estimate of drug-likeness (QED) is 0.199. The zero-order valence-electron chi connectivity index (χ0n) is 18.8. The van der Waals surface area contributed by atoms with Crippen LogP contribution in [-0.2, 0) is 11.3 Å². The van der Waals surface area contributed by atoms with Gasteiger partial charge in [0.05, 0.1) is 11.4 Å². The molecular formula is C27H19Br2FN2O3S. The maximum absolute atomic E-state index is 13.1. The monoisotopic (exact) mass is 628 g/mol. The van der Waals surface area contributed by atoms with E-state index in [0.29, 0.717) is 17.2 Å². The molecule has 0 unspecified atom stereocenters. The third-order valence-electron chi connectivity index (χ3n) is 5.70. The molecule has 182 valence electrons. The van der Waals surface area contributed by atoms with Gasteiger partial charge in [-0.2, -0.15) is 0 Å². The molecular weight excluding hydrogens is 611 g/mol. The van der Waals surface area contributed by atoms with Gasteiger partial charge in [0.15, 0.2) is 0 Å². The fourth-order valence-corrected chi connectivity index (χ4v) is 5.43. The first-order valence-corrected chi connectivity index (χ1v) is 13.4. The summed E-state index contributed by atoms with van der Waals surface area (Å²) in [6.45, 7) is 0.897. The van der Waals surface area contributed by atoms with Gasteiger partial charge in [-0.15, -0.1) is 0 Å². The van der Waals surface area contributed by atoms with Crippen molar-refractivity contribution in [1.82, 2.24) is 9.47 Å². The summed E-state index contributed by atoms with van der Waals surface area (Å²) in [4.78, 5) is 27.1. The Morgan fingerprint density at radius 3 is 2.42 bits per heavy atom. The molecule has 36 heavy (non-hydrogen) atoms. The summed E-state index contributed by atoms with van der Waals surface area (Å²) < 4.78 is 22.7. The molecule has 0 bridgehead atoms. The van der Waals surface area contributed by atoms with Crippen molar-refractivity contribution in [1.29, 1.82) is 0 Å². The number of halogens is 3. The molecule has 1 aliphatic rings. The van der Waals surface area contributed by atoms with Crippen molar-refractivity contribution in [2.75, 3.05) is 13.2 Å². The van der Waals surface area contributed by atoms with Crippen LogP contribution in [0.5, 0.6) is 5.75 Å². The first kappa shape index (κ1) is 24.8. The second-order valence-corrected chi connectivity index (χ2v) is 11.0. The molecule has 0 atom stereocenters. The van der Waals surface area contributed by atoms with Crippen LogP contribution in [0.2, 0.25) is 0 Å². The summed E-state index contributed by atoms with van der Waals surface area (Å²) in [6, 6.07) is 19.8. The normalized spacial score (nSPS) is 14.9. The van der Waals surface area contributed by atoms with Gasteiger partial charge in [0, 0.05) is 38.2 Å². The Morgan fingerprint density at radius 1 is 0.944 bits per heavy atom. The molecule has 2 heterocycles. The van der Waals surface area contributed by atoms with Crippen molar-refractivity contribution >= 4 is 71.7 Å². The number of ether oxygens (including phenoxy) is 1. The first-order chi connectivity index (χ1) is 17.4. The van der Waals surface area contributed by atoms with Crippen LogP contribution in [0, 0.1) is 5.82 Å². The van der Waals surface area contributed by atoms with Gasteiger partial charge in [-0.05, 0) is 78.0 Å². The lowest BCUT2D eigenvalue weighted by molar-refractivity contribution is -0.123. The number of carbonyl (C=O) groups is 2. The van der Waals surface area contributed by atoms with E-state index in [9.17, 15) is 14.0 Å². The van der Waals surface area contributed by atoms with Gasteiger partial charge >= 0.3 is 0 Å². The van der Waals surface area contributed by atoms with Crippen LogP contribution in [0.1, 0.15) is 11.1 Å². The molecule has 1 aromatic heterocycles. The molecule has 5 nitrogen and oxygen atoms in total. The largest absolute Gasteiger partial charge is 0.492 e. The van der Waals surface area contributed by atoms with Crippen molar-refractivity contribution in [3.05, 3.63) is 104 Å². The minimum absolute atomic E-state index is 0.107. The zero-order valence-corrected chi connectivity index (χ0v) is 22.8. The number of nitrogens with zero attached hydrogens (tertiary/aromatic N) is 2. The third-order valence-corrected chi connectivity index (χ3v) is 7.63. The lowest BCUT2D eigenvalue weighted by Gasteiger charge is -2.13. The number of carbonyl (C=O) groups excluding carboxylic acids is 2. The smallest absolute Gasteiger partial charge is 0.293 e. The zero-order chi connectivity index (χ0) is 25.2. The number of rotatable bonds is 7. The third kappa shape index (κ3) is 5.43. The second-order valence-electron chi connectivity index (χ2n) is 8.14. The Hall–Kier alpha value is -2.88. The molecule has 1 fully saturated rings. The van der Waals surface area contributed by atoms with E-state index in [1.165, 1.54) is 29.2 Å². The highest BCUT2D eigenvalue weighted by atomic mass is 79.9. The SMILES string of the molecule is O=C1S/C(=C\c2cn(Cc3ccc(Br)cc3)c3ccc(Br)cc23)C(=O)N1CCOc1ccc(F)cc1. The van der Waals surface area contributed by atoms with Crippen LogP contribution in [-0.4, -0.2) is 33.8 Å². The summed E-state index contributed by atoms with van der Waals surface area (Å²) in [6.07, 6.45) is 3.78. The number of imide groups is 1. The average molecular weight is 630 g/mol. The van der Waals surface area contributed by atoms with E-state index >= 15 is 0 Å². The van der Waals surface area contributed by atoms with Crippen LogP contribution in [0.4, 0.5) is 9.18 Å². The molecule has 1 saturated heterocycles. The number of aromatic nitrogens is 1. The molecule has 3 aromatic carbocycles. The van der Waals surface area contributed by atoms with E-state index in [1.54, 1.807) is 6.08 Å². The summed E-state index contributed by atoms with van der Waals surface area (Å²) >= 11 is 7.93. The van der Waals surface area contributed by atoms with Gasteiger partial charge in [-0.1, -0.05) is 44.0 Å². The maximum Gasteiger partial charge on any atom is 0.293 e. The Kier molecular flexibility index (Phi) is 7.32. The van der Waals surface area contributed by atoms with Crippen LogP contribution < -0.4 is 4.74 Å². The van der Waals surface area contributed by atoms with Gasteiger partial charge in [-0.3, -0.25) is 14.5 Å². The van der Waals surface area contributed by atoms with Gasteiger partial charge in [-0.25, -0.2) is 4.39 Å². The molecule has 0 saturated carbocycles. The van der Waals surface area contributed by atoms with Crippen LogP contribution in [0.25, 0.3) is 17.0 Å². The van der Waals surface area contributed by atoms with E-state index in [1.807, 2.05) is 36.5 Å². The topological polar surface area (TPSA) is 51.5 Å². The lowest BCUT2D eigenvalue weighted by atomic mass is 10.1. The summed E-state index contributed by atoms with van der Waals surface area (Å²) in [7, 11) is 0. The molecule has 0 radical (unpaired) electrons. The highest BCUT2D eigenvalue weighted by Gasteiger charge is 2.35. The predicted molar refractivity (Wildman–Crippen MR) is 147 cm³/mol. The fourth-order valence-electron chi connectivity index (χ4n) is 3.95. The highest BCUT2D eigenvalue weighted by molar-refractivity contribution is 9.10. The molecule has 9 heteroatoms. The standard InChI is InChI=1S/C27H19Br2FN2O3S/c28-19-3-1-17(2-4-19)15-31-16-18(23-14-20(29)5-10-24(23)31)13-25-26(33)32(27(34)36-25)11-12-35-22-8-6-21(30)7-9-22/h1-10,13-14,16H,11-12,15H2/b25-13-. The van der Waals surface area contributed by atoms with Crippen LogP contribution in [0.3, 0.4) is 0 Å². The number of thioether (sulfide) groups is 1. The Balaban J connectivity index is 1.36. The molecule has 0 N–H and O–H groups in total. The maximum atomic E-state index is 13.1. The Labute approximate surface area is 228 Å². The summed E-state index contributed by atoms with van der Waals surface area (Å²) in [5, 5.41) is 0.640. The first-order valence-electron chi connectivity index (χ1n) is 11.0. The number of hydrogen-bond acceptors (Lipinski definition) is 4. The van der Waals surface area contributed by atoms with Crippen molar-refractivity contribution < 1.29 is 18.7 Å². The molecule has 1 aliphatic heterocycles. The van der Waals surface area contributed by atoms with E-state index < -0.39 is 0 Å². The number of amides is 2. The van der Waals surface area contributed by atoms with E-state index in [-0.39, 0.29) is 30.1 Å². The molecule has 0 spiro atoms. The second kappa shape index (κ2) is 10.6. The summed E-state index contributed by atoms with van der Waals surface area (Å²) in [5.41, 5.74) is 3.03. The van der Waals surface area contributed by atoms with Crippen molar-refractivity contribution in [2.45, 2.75) is 6.54 Å². The summed E-state index contributed by atoms with van der Waals surface area (Å²) in [5.74, 6) is -0.233. The van der Waals surface area contributed by atoms with E-state index in [0.717, 1.165) is 42.7 Å². The molecule has 4 aromatic rings. The average Bonchev–Trinajstić information content (AvgIpc) is 3.32. The Morgan fingerprint density at radius 2 is 1.67 bits per heavy atom. The van der Waals surface area contributed by atoms with Gasteiger partial charge in [0.25, 0.3) is 11.1 Å². The lowest BCUT2D eigenvalue weighted by Crippen LogP contribution is -2.32. The minimum Gasteiger partial charge on any atom is -0.492 e. The van der Waals surface area contributed by atoms with Gasteiger partial charge < -0.3 is 9.30 Å². The number of benzene rings is 3. The molecule has 0 aliphatic carbocycles. The predicted octanol–water partition coefficient (Wildman–Crippen LogP) is 7.47. The van der Waals surface area contributed by atoms with Gasteiger partial charge in [0.2, 0.25) is 0 Å². The fraction of sp³-hybridized carbons (Fsp3) is 0.111. The number of hydrogen-bond donors (Lipinski definition) is 0. The van der Waals surface area contributed by atoms with Crippen molar-refractivity contribution in [2.24, 2.45) is 0 Å². The Bertz CT molecular complexity index is 1480.